The van der Waals surface area contributed by atoms with E-state index in [1.165, 1.54) is 43.0 Å². The summed E-state index contributed by atoms with van der Waals surface area (Å²) in [6, 6.07) is 10.8. The van der Waals surface area contributed by atoms with Crippen molar-refractivity contribution < 1.29 is 19.8 Å². The van der Waals surface area contributed by atoms with Crippen LogP contribution in [-0.2, 0) is 9.59 Å². The summed E-state index contributed by atoms with van der Waals surface area (Å²) < 4.78 is 0. The molecule has 0 aromatic heterocycles. The maximum atomic E-state index is 10.8. The van der Waals surface area contributed by atoms with E-state index in [0.29, 0.717) is 0 Å². The van der Waals surface area contributed by atoms with Gasteiger partial charge in [-0.2, -0.15) is 0 Å². The summed E-state index contributed by atoms with van der Waals surface area (Å²) in [4.78, 5) is 21.3. The molecule has 126 valence electrons. The van der Waals surface area contributed by atoms with Crippen molar-refractivity contribution in [2.24, 2.45) is 5.41 Å². The average Bonchev–Trinajstić information content (AvgIpc) is 3.11. The number of hydrogen-bond acceptors (Lipinski definition) is 2. The molecule has 0 fully saturated rings. The van der Waals surface area contributed by atoms with Gasteiger partial charge in [-0.15, -0.1) is 0 Å². The molecule has 2 aliphatic rings. The van der Waals surface area contributed by atoms with Gasteiger partial charge in [0, 0.05) is 5.57 Å². The standard InChI is InChI=1S/C10H11P.C9H10O4/c1-2-6-10(7-3-1)11-8-4-5-9-11;1-9(8(12)13)4-2-3-6(5-9)7(10)11/h1-4,6-8H,5,9H2;2-4H,5H2,1H3,(H,10,11)(H,12,13). The number of carboxylic acid groups (broad SMARTS) is 2. The predicted molar refractivity (Wildman–Crippen MR) is 96.8 cm³/mol. The largest absolute Gasteiger partial charge is 0.481 e. The Morgan fingerprint density at radius 2 is 1.88 bits per heavy atom. The third-order valence-electron chi connectivity index (χ3n) is 3.99. The van der Waals surface area contributed by atoms with E-state index in [9.17, 15) is 9.59 Å². The van der Waals surface area contributed by atoms with Crippen molar-refractivity contribution in [1.29, 1.82) is 0 Å². The van der Waals surface area contributed by atoms with Crippen LogP contribution in [0.4, 0.5) is 0 Å². The maximum absolute atomic E-state index is 10.8. The Kier molecular flexibility index (Phi) is 6.10. The second-order valence-corrected chi connectivity index (χ2v) is 8.16. The number of carbonyl (C=O) groups is 2. The van der Waals surface area contributed by atoms with Crippen molar-refractivity contribution in [2.75, 3.05) is 6.16 Å². The zero-order chi connectivity index (χ0) is 17.6. The van der Waals surface area contributed by atoms with E-state index < -0.39 is 17.4 Å². The van der Waals surface area contributed by atoms with Crippen LogP contribution in [0, 0.1) is 5.41 Å². The smallest absolute Gasteiger partial charge is 0.331 e. The first-order valence-electron chi connectivity index (χ1n) is 7.76. The molecule has 2 N–H and O–H groups in total. The van der Waals surface area contributed by atoms with Gasteiger partial charge < -0.3 is 10.2 Å². The molecule has 0 saturated carbocycles. The van der Waals surface area contributed by atoms with Gasteiger partial charge in [-0.05, 0) is 31.2 Å². The molecule has 0 amide bonds. The van der Waals surface area contributed by atoms with Gasteiger partial charge in [0.15, 0.2) is 0 Å². The Balaban J connectivity index is 0.000000175. The van der Waals surface area contributed by atoms with Crippen molar-refractivity contribution in [2.45, 2.75) is 19.8 Å². The van der Waals surface area contributed by atoms with E-state index in [1.54, 1.807) is 0 Å². The van der Waals surface area contributed by atoms with Crippen LogP contribution in [0.5, 0.6) is 0 Å². The number of hydrogen-bond donors (Lipinski definition) is 2. The normalized spacial score (nSPS) is 24.7. The van der Waals surface area contributed by atoms with Gasteiger partial charge in [-0.1, -0.05) is 68.4 Å². The molecule has 1 aromatic carbocycles. The number of aliphatic carboxylic acids is 2. The van der Waals surface area contributed by atoms with Crippen LogP contribution in [0.3, 0.4) is 0 Å². The number of rotatable bonds is 3. The molecule has 1 aromatic rings. The van der Waals surface area contributed by atoms with Crippen LogP contribution < -0.4 is 5.30 Å². The molecule has 2 unspecified atom stereocenters. The van der Waals surface area contributed by atoms with Crippen molar-refractivity contribution in [1.82, 2.24) is 0 Å². The molecule has 1 heterocycles. The highest BCUT2D eigenvalue weighted by molar-refractivity contribution is 7.68. The highest BCUT2D eigenvalue weighted by atomic mass is 31.1. The average molecular weight is 344 g/mol. The molecule has 5 heteroatoms. The highest BCUT2D eigenvalue weighted by Crippen LogP contribution is 2.41. The third-order valence-corrected chi connectivity index (χ3v) is 6.26. The van der Waals surface area contributed by atoms with Crippen molar-refractivity contribution in [3.63, 3.8) is 0 Å². The van der Waals surface area contributed by atoms with Gasteiger partial charge in [0.25, 0.3) is 0 Å². The fourth-order valence-corrected chi connectivity index (χ4v) is 4.47. The minimum absolute atomic E-state index is 0.0359. The first-order valence-corrected chi connectivity index (χ1v) is 9.35. The lowest BCUT2D eigenvalue weighted by Gasteiger charge is -2.23. The second-order valence-electron chi connectivity index (χ2n) is 5.96. The molecular formula is C19H21O4P. The van der Waals surface area contributed by atoms with Crippen LogP contribution in [-0.4, -0.2) is 28.3 Å². The monoisotopic (exact) mass is 344 g/mol. The first kappa shape index (κ1) is 18.2. The Hall–Kier alpha value is -2.19. The van der Waals surface area contributed by atoms with Crippen LogP contribution in [0.25, 0.3) is 0 Å². The molecule has 0 radical (unpaired) electrons. The summed E-state index contributed by atoms with van der Waals surface area (Å²) in [5.74, 6) is 0.317. The second kappa shape index (κ2) is 8.07. The molecule has 0 saturated heterocycles. The molecular weight excluding hydrogens is 323 g/mol. The minimum Gasteiger partial charge on any atom is -0.481 e. The summed E-state index contributed by atoms with van der Waals surface area (Å²) in [6.45, 7) is 1.50. The number of allylic oxidation sites excluding steroid dienone is 3. The highest BCUT2D eigenvalue weighted by Gasteiger charge is 2.34. The summed E-state index contributed by atoms with van der Waals surface area (Å²) >= 11 is 0. The van der Waals surface area contributed by atoms with Crippen molar-refractivity contribution >= 4 is 25.2 Å². The summed E-state index contributed by atoms with van der Waals surface area (Å²) in [6.07, 6.45) is 9.38. The number of benzene rings is 1. The lowest BCUT2D eigenvalue weighted by Crippen LogP contribution is -2.28. The molecule has 1 aliphatic carbocycles. The van der Waals surface area contributed by atoms with Gasteiger partial charge in [0.1, 0.15) is 0 Å². The van der Waals surface area contributed by atoms with E-state index in [0.717, 1.165) is 0 Å². The summed E-state index contributed by atoms with van der Waals surface area (Å²) in [5, 5.41) is 19.0. The van der Waals surface area contributed by atoms with E-state index in [1.807, 2.05) is 0 Å². The molecule has 24 heavy (non-hydrogen) atoms. The topological polar surface area (TPSA) is 74.6 Å². The lowest BCUT2D eigenvalue weighted by molar-refractivity contribution is -0.145. The fraction of sp³-hybridized carbons (Fsp3) is 0.263. The molecule has 2 atom stereocenters. The van der Waals surface area contributed by atoms with E-state index in [-0.39, 0.29) is 19.9 Å². The van der Waals surface area contributed by atoms with Gasteiger partial charge in [-0.3, -0.25) is 4.79 Å². The summed E-state index contributed by atoms with van der Waals surface area (Å²) in [5.41, 5.74) is -0.949. The van der Waals surface area contributed by atoms with Crippen LogP contribution in [0.15, 0.2) is 66.0 Å². The maximum Gasteiger partial charge on any atom is 0.331 e. The quantitative estimate of drug-likeness (QED) is 0.819. The third kappa shape index (κ3) is 4.65. The Labute approximate surface area is 143 Å². The zero-order valence-electron chi connectivity index (χ0n) is 13.6. The zero-order valence-corrected chi connectivity index (χ0v) is 14.4. The molecule has 0 spiro atoms. The number of carboxylic acids is 2. The molecule has 4 nitrogen and oxygen atoms in total. The van der Waals surface area contributed by atoms with E-state index in [2.05, 4.69) is 42.2 Å². The van der Waals surface area contributed by atoms with E-state index in [4.69, 9.17) is 10.2 Å². The van der Waals surface area contributed by atoms with Crippen molar-refractivity contribution in [3.05, 3.63) is 66.0 Å². The fourth-order valence-electron chi connectivity index (χ4n) is 2.51. The van der Waals surface area contributed by atoms with Gasteiger partial charge in [0.05, 0.1) is 5.41 Å². The van der Waals surface area contributed by atoms with Crippen LogP contribution in [0.1, 0.15) is 19.8 Å². The van der Waals surface area contributed by atoms with Crippen molar-refractivity contribution in [3.8, 4) is 0 Å². The van der Waals surface area contributed by atoms with E-state index >= 15 is 0 Å². The van der Waals surface area contributed by atoms with Gasteiger partial charge in [-0.25, -0.2) is 4.79 Å². The van der Waals surface area contributed by atoms with Gasteiger partial charge in [0.2, 0.25) is 0 Å². The van der Waals surface area contributed by atoms with Crippen LogP contribution in [0.2, 0.25) is 0 Å². The predicted octanol–water partition coefficient (Wildman–Crippen LogP) is 3.76. The lowest BCUT2D eigenvalue weighted by atomic mass is 9.80. The Morgan fingerprint density at radius 3 is 2.42 bits per heavy atom. The molecule has 3 rings (SSSR count). The first-order chi connectivity index (χ1) is 11.4. The minimum atomic E-state index is -1.08. The Bertz CT molecular complexity index is 691. The molecule has 0 bridgehead atoms. The Morgan fingerprint density at radius 1 is 1.17 bits per heavy atom. The van der Waals surface area contributed by atoms with Gasteiger partial charge >= 0.3 is 11.9 Å². The molecule has 1 aliphatic heterocycles. The van der Waals surface area contributed by atoms with Crippen LogP contribution >= 0.6 is 7.92 Å². The SMILES string of the molecule is C1=CP(c2ccccc2)CC1.CC1(C(=O)O)C=CC=C(C(=O)O)C1. The summed E-state index contributed by atoms with van der Waals surface area (Å²) in [7, 11) is 0.0792.